The molecule has 3 rings (SSSR count). The summed E-state index contributed by atoms with van der Waals surface area (Å²) in [7, 11) is 0. The lowest BCUT2D eigenvalue weighted by atomic mass is 9.93. The van der Waals surface area contributed by atoms with E-state index in [4.69, 9.17) is 4.74 Å². The van der Waals surface area contributed by atoms with Crippen molar-refractivity contribution in [3.05, 3.63) is 22.4 Å². The third-order valence-electron chi connectivity index (χ3n) is 3.96. The lowest BCUT2D eigenvalue weighted by Crippen LogP contribution is -2.44. The molecular formula is C14H19NO2S. The fraction of sp³-hybridized carbons (Fsp3) is 0.643. The van der Waals surface area contributed by atoms with Crippen molar-refractivity contribution in [3.8, 4) is 0 Å². The average Bonchev–Trinajstić information content (AvgIpc) is 2.95. The van der Waals surface area contributed by atoms with Crippen molar-refractivity contribution >= 4 is 17.2 Å². The van der Waals surface area contributed by atoms with Crippen LogP contribution in [0.2, 0.25) is 0 Å². The first-order chi connectivity index (χ1) is 8.72. The maximum Gasteiger partial charge on any atom is 0.227 e. The Morgan fingerprint density at radius 2 is 2.50 bits per heavy atom. The summed E-state index contributed by atoms with van der Waals surface area (Å²) in [5.74, 6) is 0.830. The van der Waals surface area contributed by atoms with E-state index in [0.717, 1.165) is 30.8 Å². The molecule has 3 heterocycles. The van der Waals surface area contributed by atoms with Crippen LogP contribution in [0.25, 0.3) is 0 Å². The van der Waals surface area contributed by atoms with Crippen LogP contribution in [0.4, 0.5) is 0 Å². The van der Waals surface area contributed by atoms with E-state index in [-0.39, 0.29) is 5.91 Å². The molecule has 0 bridgehead atoms. The number of nitrogens with zero attached hydrogens (tertiary/aromatic N) is 1. The maximum absolute atomic E-state index is 12.2. The van der Waals surface area contributed by atoms with Gasteiger partial charge in [-0.15, -0.1) is 11.3 Å². The van der Waals surface area contributed by atoms with Gasteiger partial charge in [-0.05, 0) is 31.2 Å². The van der Waals surface area contributed by atoms with E-state index >= 15 is 0 Å². The summed E-state index contributed by atoms with van der Waals surface area (Å²) < 4.78 is 5.86. The van der Waals surface area contributed by atoms with E-state index in [1.165, 1.54) is 0 Å². The molecule has 18 heavy (non-hydrogen) atoms. The second-order valence-corrected chi connectivity index (χ2v) is 6.40. The highest BCUT2D eigenvalue weighted by molar-refractivity contribution is 7.10. The topological polar surface area (TPSA) is 29.5 Å². The number of fused-ring (bicyclic) bond motifs is 1. The van der Waals surface area contributed by atoms with Crippen LogP contribution in [-0.2, 0) is 16.0 Å². The molecule has 0 N–H and O–H groups in total. The number of carbonyl (C=O) groups excluding carboxylic acids is 1. The molecule has 4 heteroatoms. The van der Waals surface area contributed by atoms with Gasteiger partial charge in [0.05, 0.1) is 18.6 Å². The number of hydrogen-bond donors (Lipinski definition) is 0. The van der Waals surface area contributed by atoms with Crippen molar-refractivity contribution < 1.29 is 9.53 Å². The Morgan fingerprint density at radius 3 is 3.28 bits per heavy atom. The molecule has 0 saturated carbocycles. The van der Waals surface area contributed by atoms with Gasteiger partial charge < -0.3 is 9.64 Å². The number of carbonyl (C=O) groups is 1. The quantitative estimate of drug-likeness (QED) is 0.821. The Morgan fingerprint density at radius 1 is 1.61 bits per heavy atom. The van der Waals surface area contributed by atoms with Crippen LogP contribution in [0.1, 0.15) is 24.6 Å². The summed E-state index contributed by atoms with van der Waals surface area (Å²) >= 11 is 1.66. The van der Waals surface area contributed by atoms with Crippen LogP contribution < -0.4 is 0 Å². The van der Waals surface area contributed by atoms with Crippen molar-refractivity contribution in [2.45, 2.75) is 38.4 Å². The Hall–Kier alpha value is -0.870. The Labute approximate surface area is 112 Å². The zero-order valence-electron chi connectivity index (χ0n) is 10.7. The molecule has 1 aromatic rings. The van der Waals surface area contributed by atoms with E-state index in [9.17, 15) is 4.79 Å². The van der Waals surface area contributed by atoms with E-state index in [2.05, 4.69) is 6.92 Å². The minimum Gasteiger partial charge on any atom is -0.375 e. The summed E-state index contributed by atoms with van der Waals surface area (Å²) in [6.45, 7) is 3.88. The fourth-order valence-corrected chi connectivity index (χ4v) is 3.79. The summed E-state index contributed by atoms with van der Waals surface area (Å²) in [4.78, 5) is 15.4. The predicted octanol–water partition coefficient (Wildman–Crippen LogP) is 2.32. The molecule has 2 saturated heterocycles. The van der Waals surface area contributed by atoms with E-state index in [0.29, 0.717) is 24.5 Å². The maximum atomic E-state index is 12.2. The number of piperidine rings is 1. The highest BCUT2D eigenvalue weighted by atomic mass is 32.1. The van der Waals surface area contributed by atoms with Gasteiger partial charge in [0, 0.05) is 23.9 Å². The normalized spacial score (nSPS) is 31.4. The number of ether oxygens (including phenoxy) is 1. The number of amides is 1. The van der Waals surface area contributed by atoms with Crippen molar-refractivity contribution in [2.24, 2.45) is 5.92 Å². The molecule has 0 unspecified atom stereocenters. The largest absolute Gasteiger partial charge is 0.375 e. The van der Waals surface area contributed by atoms with Gasteiger partial charge in [0.25, 0.3) is 0 Å². The molecule has 0 spiro atoms. The second kappa shape index (κ2) is 5.02. The molecular weight excluding hydrogens is 246 g/mol. The van der Waals surface area contributed by atoms with Crippen molar-refractivity contribution in [1.82, 2.24) is 4.90 Å². The minimum absolute atomic E-state index is 0.274. The van der Waals surface area contributed by atoms with Crippen LogP contribution in [0.5, 0.6) is 0 Å². The van der Waals surface area contributed by atoms with Gasteiger partial charge in [-0.2, -0.15) is 0 Å². The monoisotopic (exact) mass is 265 g/mol. The fourth-order valence-electron chi connectivity index (χ4n) is 3.10. The molecule has 3 nitrogen and oxygen atoms in total. The zero-order valence-corrected chi connectivity index (χ0v) is 11.5. The van der Waals surface area contributed by atoms with Gasteiger partial charge in [-0.3, -0.25) is 4.79 Å². The molecule has 1 aromatic heterocycles. The molecule has 0 aliphatic carbocycles. The summed E-state index contributed by atoms with van der Waals surface area (Å²) in [6, 6.07) is 4.04. The molecule has 2 aliphatic rings. The Kier molecular flexibility index (Phi) is 3.39. The summed E-state index contributed by atoms with van der Waals surface area (Å²) in [5, 5.41) is 2.03. The van der Waals surface area contributed by atoms with Gasteiger partial charge in [0.2, 0.25) is 5.91 Å². The SMILES string of the molecule is C[C@H]1C[C@H]2CN(C(=O)Cc3cccs3)CC[C@H]2O1. The first kappa shape index (κ1) is 12.2. The first-order valence-corrected chi connectivity index (χ1v) is 7.56. The minimum atomic E-state index is 0.274. The Bertz CT molecular complexity index is 417. The first-order valence-electron chi connectivity index (χ1n) is 6.68. The van der Waals surface area contributed by atoms with Crippen molar-refractivity contribution in [2.75, 3.05) is 13.1 Å². The number of hydrogen-bond acceptors (Lipinski definition) is 3. The number of likely N-dealkylation sites (tertiary alicyclic amines) is 1. The zero-order chi connectivity index (χ0) is 12.5. The predicted molar refractivity (Wildman–Crippen MR) is 71.7 cm³/mol. The molecule has 0 radical (unpaired) electrons. The second-order valence-electron chi connectivity index (χ2n) is 5.37. The van der Waals surface area contributed by atoms with Crippen molar-refractivity contribution in [3.63, 3.8) is 0 Å². The van der Waals surface area contributed by atoms with Crippen LogP contribution in [0.3, 0.4) is 0 Å². The van der Waals surface area contributed by atoms with Crippen LogP contribution in [0, 0.1) is 5.92 Å². The number of rotatable bonds is 2. The smallest absolute Gasteiger partial charge is 0.227 e. The third-order valence-corrected chi connectivity index (χ3v) is 4.84. The van der Waals surface area contributed by atoms with E-state index in [1.807, 2.05) is 22.4 Å². The molecule has 2 aliphatic heterocycles. The van der Waals surface area contributed by atoms with Crippen LogP contribution >= 0.6 is 11.3 Å². The Balaban J connectivity index is 1.59. The third kappa shape index (κ3) is 2.45. The van der Waals surface area contributed by atoms with Crippen LogP contribution in [-0.4, -0.2) is 36.1 Å². The van der Waals surface area contributed by atoms with E-state index in [1.54, 1.807) is 11.3 Å². The highest BCUT2D eigenvalue weighted by Gasteiger charge is 2.38. The van der Waals surface area contributed by atoms with Gasteiger partial charge in [0.1, 0.15) is 0 Å². The van der Waals surface area contributed by atoms with Crippen LogP contribution in [0.15, 0.2) is 17.5 Å². The molecule has 0 aromatic carbocycles. The molecule has 98 valence electrons. The van der Waals surface area contributed by atoms with E-state index < -0.39 is 0 Å². The van der Waals surface area contributed by atoms with Gasteiger partial charge in [0.15, 0.2) is 0 Å². The highest BCUT2D eigenvalue weighted by Crippen LogP contribution is 2.32. The van der Waals surface area contributed by atoms with Gasteiger partial charge in [-0.1, -0.05) is 6.07 Å². The van der Waals surface area contributed by atoms with Gasteiger partial charge in [-0.25, -0.2) is 0 Å². The number of thiophene rings is 1. The summed E-state index contributed by atoms with van der Waals surface area (Å²) in [5.41, 5.74) is 0. The molecule has 3 atom stereocenters. The molecule has 1 amide bonds. The van der Waals surface area contributed by atoms with Crippen molar-refractivity contribution in [1.29, 1.82) is 0 Å². The lowest BCUT2D eigenvalue weighted by Gasteiger charge is -2.34. The molecule has 2 fully saturated rings. The summed E-state index contributed by atoms with van der Waals surface area (Å²) in [6.07, 6.45) is 3.43. The standard InChI is InChI=1S/C14H19NO2S/c1-10-7-11-9-15(5-4-13(11)17-10)14(16)8-12-3-2-6-18-12/h2-3,6,10-11,13H,4-5,7-9H2,1H3/t10-,11-,13+/m0/s1. The average molecular weight is 265 g/mol. The lowest BCUT2D eigenvalue weighted by molar-refractivity contribution is -0.133. The van der Waals surface area contributed by atoms with Gasteiger partial charge >= 0.3 is 0 Å².